The van der Waals surface area contributed by atoms with E-state index in [0.29, 0.717) is 29.7 Å². The summed E-state index contributed by atoms with van der Waals surface area (Å²) < 4.78 is 4.87. The Morgan fingerprint density at radius 2 is 2.03 bits per heavy atom. The molecule has 2 unspecified atom stereocenters. The van der Waals surface area contributed by atoms with E-state index in [-0.39, 0.29) is 23.8 Å². The molecule has 1 aromatic heterocycles. The Bertz CT molecular complexity index is 940. The molecule has 4 bridgehead atoms. The molecule has 4 aliphatic carbocycles. The minimum atomic E-state index is -0.497. The number of ether oxygens (including phenoxy) is 1. The summed E-state index contributed by atoms with van der Waals surface area (Å²) in [4.78, 5) is 32.5. The molecule has 5 fully saturated rings. The van der Waals surface area contributed by atoms with Gasteiger partial charge in [0.25, 0.3) is 5.91 Å². The summed E-state index contributed by atoms with van der Waals surface area (Å²) in [6, 6.07) is 4.05. The number of anilines is 1. The van der Waals surface area contributed by atoms with Gasteiger partial charge >= 0.3 is 5.97 Å². The Balaban J connectivity index is 1.31. The molecule has 3 atom stereocenters. The number of pyridine rings is 1. The van der Waals surface area contributed by atoms with Crippen LogP contribution in [0.2, 0.25) is 0 Å². The highest BCUT2D eigenvalue weighted by Crippen LogP contribution is 2.55. The molecule has 8 heteroatoms. The summed E-state index contributed by atoms with van der Waals surface area (Å²) in [5.74, 6) is 3.25. The van der Waals surface area contributed by atoms with Crippen LogP contribution in [-0.2, 0) is 9.53 Å². The molecule has 6 rings (SSSR count). The van der Waals surface area contributed by atoms with Crippen LogP contribution in [0.25, 0.3) is 0 Å². The van der Waals surface area contributed by atoms with E-state index in [4.69, 9.17) is 9.72 Å². The number of nitrogens with zero attached hydrogens (tertiary/aromatic N) is 2. The van der Waals surface area contributed by atoms with Crippen molar-refractivity contribution in [3.8, 4) is 0 Å². The minimum Gasteiger partial charge on any atom is -0.469 e. The third-order valence-corrected chi connectivity index (χ3v) is 9.79. The lowest BCUT2D eigenvalue weighted by Crippen LogP contribution is -2.61. The van der Waals surface area contributed by atoms with Gasteiger partial charge < -0.3 is 20.1 Å². The van der Waals surface area contributed by atoms with E-state index >= 15 is 0 Å². The van der Waals surface area contributed by atoms with E-state index in [1.165, 1.54) is 7.11 Å². The predicted octanol–water partition coefficient (Wildman–Crippen LogP) is 4.03. The molecule has 1 aliphatic heterocycles. The number of hydrogen-bond acceptors (Lipinski definition) is 7. The second kappa shape index (κ2) is 10.3. The highest BCUT2D eigenvalue weighted by atomic mass is 32.2. The number of rotatable bonds is 8. The molecule has 7 nitrogen and oxygen atoms in total. The van der Waals surface area contributed by atoms with E-state index in [0.717, 1.165) is 81.1 Å². The molecule has 0 spiro atoms. The quantitative estimate of drug-likeness (QED) is 0.410. The molecule has 192 valence electrons. The van der Waals surface area contributed by atoms with Crippen LogP contribution in [-0.4, -0.2) is 59.6 Å². The number of carbonyl (C=O) groups excluding carboxylic acids is 2. The molecular formula is C27H39N3O4S. The number of amides is 1. The van der Waals surface area contributed by atoms with Gasteiger partial charge in [-0.15, -0.1) is 11.8 Å². The van der Waals surface area contributed by atoms with Gasteiger partial charge in [0.15, 0.2) is 0 Å². The first-order chi connectivity index (χ1) is 16.9. The van der Waals surface area contributed by atoms with Crippen molar-refractivity contribution >= 4 is 29.5 Å². The van der Waals surface area contributed by atoms with E-state index in [1.54, 1.807) is 11.8 Å². The zero-order chi connectivity index (χ0) is 24.6. The van der Waals surface area contributed by atoms with Gasteiger partial charge in [-0.25, -0.2) is 4.98 Å². The molecule has 4 saturated carbocycles. The van der Waals surface area contributed by atoms with Gasteiger partial charge in [0.05, 0.1) is 18.3 Å². The fraction of sp³-hybridized carbons (Fsp3) is 0.741. The monoisotopic (exact) mass is 501 g/mol. The Morgan fingerprint density at radius 1 is 1.26 bits per heavy atom. The van der Waals surface area contributed by atoms with Gasteiger partial charge in [-0.05, 0) is 92.9 Å². The first-order valence-corrected chi connectivity index (χ1v) is 14.3. The molecule has 1 aromatic rings. The summed E-state index contributed by atoms with van der Waals surface area (Å²) in [5.41, 5.74) is 0.159. The van der Waals surface area contributed by atoms with Gasteiger partial charge in [0.2, 0.25) is 0 Å². The zero-order valence-electron chi connectivity index (χ0n) is 21.0. The second-order valence-electron chi connectivity index (χ2n) is 11.3. The van der Waals surface area contributed by atoms with Gasteiger partial charge in [-0.3, -0.25) is 9.59 Å². The third-order valence-electron chi connectivity index (χ3n) is 8.60. The van der Waals surface area contributed by atoms with Gasteiger partial charge in [0.1, 0.15) is 10.8 Å². The van der Waals surface area contributed by atoms with E-state index in [1.807, 2.05) is 12.1 Å². The lowest BCUT2D eigenvalue weighted by atomic mass is 9.52. The molecule has 0 aromatic carbocycles. The van der Waals surface area contributed by atoms with Crippen molar-refractivity contribution < 1.29 is 19.4 Å². The summed E-state index contributed by atoms with van der Waals surface area (Å²) in [5, 5.41) is 15.1. The van der Waals surface area contributed by atoms with Crippen molar-refractivity contribution in [2.45, 2.75) is 81.4 Å². The molecule has 35 heavy (non-hydrogen) atoms. The van der Waals surface area contributed by atoms with Crippen LogP contribution in [0.3, 0.4) is 0 Å². The smallest absolute Gasteiger partial charge is 0.305 e. The highest BCUT2D eigenvalue weighted by Gasteiger charge is 2.55. The highest BCUT2D eigenvalue weighted by molar-refractivity contribution is 7.99. The number of aromatic nitrogens is 1. The van der Waals surface area contributed by atoms with Crippen LogP contribution in [0.1, 0.15) is 75.1 Å². The molecule has 0 radical (unpaired) electrons. The van der Waals surface area contributed by atoms with Crippen molar-refractivity contribution in [2.24, 2.45) is 23.7 Å². The van der Waals surface area contributed by atoms with Crippen LogP contribution in [0.5, 0.6) is 0 Å². The average Bonchev–Trinajstić information content (AvgIpc) is 2.83. The van der Waals surface area contributed by atoms with Crippen LogP contribution < -0.4 is 10.2 Å². The molecule has 5 aliphatic rings. The van der Waals surface area contributed by atoms with Crippen LogP contribution >= 0.6 is 11.8 Å². The van der Waals surface area contributed by atoms with Crippen molar-refractivity contribution in [2.75, 3.05) is 30.9 Å². The Hall–Kier alpha value is -1.80. The molecule has 2 heterocycles. The van der Waals surface area contributed by atoms with E-state index in [9.17, 15) is 14.7 Å². The molecule has 1 amide bonds. The SMILES string of the molecule is CCCSc1nc(N2CCC[C@@H](CC(=O)OC)C2)ccc1C(=O)NC1C2CC3CC1CC(O)(C3)C2. The third kappa shape index (κ3) is 5.33. The van der Waals surface area contributed by atoms with Crippen LogP contribution in [0.15, 0.2) is 17.2 Å². The number of carbonyl (C=O) groups is 2. The zero-order valence-corrected chi connectivity index (χ0v) is 21.8. The maximum atomic E-state index is 13.5. The summed E-state index contributed by atoms with van der Waals surface area (Å²) >= 11 is 1.65. The van der Waals surface area contributed by atoms with Gasteiger partial charge in [0, 0.05) is 25.6 Å². The summed E-state index contributed by atoms with van der Waals surface area (Å²) in [6.07, 6.45) is 8.31. The second-order valence-corrected chi connectivity index (χ2v) is 12.4. The number of piperidine rings is 1. The Kier molecular flexibility index (Phi) is 7.31. The molecule has 2 N–H and O–H groups in total. The number of hydrogen-bond donors (Lipinski definition) is 2. The number of aliphatic hydroxyl groups is 1. The summed E-state index contributed by atoms with van der Waals surface area (Å²) in [7, 11) is 1.44. The first kappa shape index (κ1) is 24.9. The fourth-order valence-corrected chi connectivity index (χ4v) is 8.17. The topological polar surface area (TPSA) is 91.8 Å². The van der Waals surface area contributed by atoms with Crippen LogP contribution in [0.4, 0.5) is 5.82 Å². The normalized spacial score (nSPS) is 33.6. The summed E-state index contributed by atoms with van der Waals surface area (Å²) in [6.45, 7) is 3.82. The Labute approximate surface area is 212 Å². The number of methoxy groups -OCH3 is 1. The standard InChI is InChI=1S/C27H39N3O4S/c1-3-9-35-26-21(6-7-22(28-26)30-8-4-5-17(16-30)12-23(31)34-2)25(32)29-24-19-10-18-11-20(24)15-27(33,13-18)14-19/h6-7,17-20,24,33H,3-5,8-16H2,1-2H3,(H,29,32)/t17-,18?,19?,20?,24?,27?/m0/s1. The number of thioether (sulfide) groups is 1. The molecular weight excluding hydrogens is 462 g/mol. The maximum Gasteiger partial charge on any atom is 0.305 e. The van der Waals surface area contributed by atoms with Crippen molar-refractivity contribution in [3.05, 3.63) is 17.7 Å². The average molecular weight is 502 g/mol. The van der Waals surface area contributed by atoms with Crippen molar-refractivity contribution in [1.29, 1.82) is 0 Å². The van der Waals surface area contributed by atoms with Gasteiger partial charge in [-0.1, -0.05) is 6.92 Å². The minimum absolute atomic E-state index is 0.0330. The first-order valence-electron chi connectivity index (χ1n) is 13.4. The van der Waals surface area contributed by atoms with E-state index in [2.05, 4.69) is 17.1 Å². The largest absolute Gasteiger partial charge is 0.469 e. The number of nitrogens with one attached hydrogen (secondary N) is 1. The number of esters is 1. The Morgan fingerprint density at radius 3 is 2.71 bits per heavy atom. The van der Waals surface area contributed by atoms with Crippen LogP contribution in [0, 0.1) is 23.7 Å². The van der Waals surface area contributed by atoms with E-state index < -0.39 is 5.60 Å². The molecule has 1 saturated heterocycles. The van der Waals surface area contributed by atoms with Crippen molar-refractivity contribution in [1.82, 2.24) is 10.3 Å². The predicted molar refractivity (Wildman–Crippen MR) is 137 cm³/mol. The lowest BCUT2D eigenvalue weighted by molar-refractivity contribution is -0.141. The lowest BCUT2D eigenvalue weighted by Gasteiger charge is -2.58. The maximum absolute atomic E-state index is 13.5. The van der Waals surface area contributed by atoms with Crippen molar-refractivity contribution in [3.63, 3.8) is 0 Å². The fourth-order valence-electron chi connectivity index (χ4n) is 7.29. The van der Waals surface area contributed by atoms with Gasteiger partial charge in [-0.2, -0.15) is 0 Å².